The van der Waals surface area contributed by atoms with Crippen molar-refractivity contribution in [3.8, 4) is 0 Å². The highest BCUT2D eigenvalue weighted by atomic mass is 16.6. The SMILES string of the molecule is CCN(CCOCCOCCOCCOCCOC(=O)c1cc(C=O)c(C(=O)O)cc1C(=O)O)c1ccc(N)c(C)c1. The van der Waals surface area contributed by atoms with Crippen LogP contribution in [0.25, 0.3) is 0 Å². The van der Waals surface area contributed by atoms with Crippen LogP contribution in [-0.2, 0) is 23.7 Å². The monoisotopic (exact) mass is 590 g/mol. The number of ether oxygens (including phenoxy) is 5. The fourth-order valence-corrected chi connectivity index (χ4v) is 3.78. The molecule has 0 heterocycles. The summed E-state index contributed by atoms with van der Waals surface area (Å²) in [5, 5.41) is 18.4. The number of likely N-dealkylation sites (N-methyl/N-ethyl adjacent to an activating group) is 1. The number of carboxylic acid groups (broad SMARTS) is 2. The summed E-state index contributed by atoms with van der Waals surface area (Å²) in [7, 11) is 0. The van der Waals surface area contributed by atoms with Crippen molar-refractivity contribution >= 4 is 35.6 Å². The number of esters is 1. The molecule has 0 aliphatic heterocycles. The molecule has 2 rings (SSSR count). The first-order valence-electron chi connectivity index (χ1n) is 13.4. The van der Waals surface area contributed by atoms with Gasteiger partial charge in [-0.25, -0.2) is 14.4 Å². The molecule has 13 heteroatoms. The quantitative estimate of drug-likeness (QED) is 0.0835. The maximum absolute atomic E-state index is 12.3. The molecule has 230 valence electrons. The molecule has 0 bridgehead atoms. The molecule has 0 aliphatic rings. The Morgan fingerprint density at radius 2 is 1.33 bits per heavy atom. The molecule has 13 nitrogen and oxygen atoms in total. The van der Waals surface area contributed by atoms with Crippen molar-refractivity contribution in [2.75, 3.05) is 83.2 Å². The third kappa shape index (κ3) is 11.1. The van der Waals surface area contributed by atoms with Crippen molar-refractivity contribution in [1.82, 2.24) is 0 Å². The van der Waals surface area contributed by atoms with Crippen LogP contribution in [0.15, 0.2) is 30.3 Å². The largest absolute Gasteiger partial charge is 0.478 e. The second-order valence-corrected chi connectivity index (χ2v) is 8.92. The van der Waals surface area contributed by atoms with Crippen LogP contribution in [0.3, 0.4) is 0 Å². The number of carbonyl (C=O) groups excluding carboxylic acids is 2. The number of aldehydes is 1. The zero-order valence-corrected chi connectivity index (χ0v) is 23.8. The van der Waals surface area contributed by atoms with Crippen LogP contribution in [0.5, 0.6) is 0 Å². The van der Waals surface area contributed by atoms with Crippen molar-refractivity contribution in [3.63, 3.8) is 0 Å². The van der Waals surface area contributed by atoms with Crippen molar-refractivity contribution in [2.24, 2.45) is 0 Å². The van der Waals surface area contributed by atoms with Gasteiger partial charge in [0.05, 0.1) is 69.5 Å². The van der Waals surface area contributed by atoms with Gasteiger partial charge in [-0.2, -0.15) is 0 Å². The molecular formula is C29H38N2O11. The van der Waals surface area contributed by atoms with Crippen LogP contribution in [0, 0.1) is 6.92 Å². The van der Waals surface area contributed by atoms with Crippen LogP contribution < -0.4 is 10.6 Å². The molecule has 0 aromatic heterocycles. The number of aromatic carboxylic acids is 2. The number of hydrogen-bond donors (Lipinski definition) is 3. The van der Waals surface area contributed by atoms with Crippen LogP contribution in [0.2, 0.25) is 0 Å². The first kappa shape index (κ1) is 34.2. The zero-order chi connectivity index (χ0) is 30.9. The molecule has 0 aliphatic carbocycles. The number of benzene rings is 2. The molecule has 0 unspecified atom stereocenters. The fraction of sp³-hybridized carbons (Fsp3) is 0.448. The van der Waals surface area contributed by atoms with Crippen molar-refractivity contribution < 1.29 is 53.1 Å². The number of nitrogens with zero attached hydrogens (tertiary/aromatic N) is 1. The molecule has 0 saturated heterocycles. The topological polar surface area (TPSA) is 184 Å². The minimum Gasteiger partial charge on any atom is -0.478 e. The Bertz CT molecular complexity index is 1200. The van der Waals surface area contributed by atoms with E-state index in [1.807, 2.05) is 19.1 Å². The van der Waals surface area contributed by atoms with E-state index in [2.05, 4.69) is 17.9 Å². The Kier molecular flexibility index (Phi) is 15.0. The number of rotatable bonds is 21. The van der Waals surface area contributed by atoms with E-state index >= 15 is 0 Å². The van der Waals surface area contributed by atoms with Crippen LogP contribution in [-0.4, -0.2) is 107 Å². The van der Waals surface area contributed by atoms with Gasteiger partial charge in [0.15, 0.2) is 6.29 Å². The lowest BCUT2D eigenvalue weighted by atomic mass is 9.99. The lowest BCUT2D eigenvalue weighted by Crippen LogP contribution is -2.27. The number of carboxylic acids is 2. The standard InChI is InChI=1S/C29H38N2O11/c1-3-31(22-4-5-26(30)20(2)16-22)6-7-38-8-9-39-10-11-40-12-13-41-14-15-42-29(37)25-17-21(19-32)23(27(33)34)18-24(25)28(35)36/h4-5,16-19H,3,6-15,30H2,1-2H3,(H,33,34)(H,35,36). The predicted octanol–water partition coefficient (Wildman–Crippen LogP) is 2.54. The van der Waals surface area contributed by atoms with E-state index in [0.717, 1.165) is 42.2 Å². The maximum atomic E-state index is 12.3. The van der Waals surface area contributed by atoms with Crippen LogP contribution in [0.4, 0.5) is 11.4 Å². The van der Waals surface area contributed by atoms with Gasteiger partial charge in [-0.3, -0.25) is 4.79 Å². The minimum atomic E-state index is -1.53. The van der Waals surface area contributed by atoms with E-state index in [1.54, 1.807) is 0 Å². The van der Waals surface area contributed by atoms with Crippen LogP contribution >= 0.6 is 0 Å². The number of anilines is 2. The zero-order valence-electron chi connectivity index (χ0n) is 23.8. The Morgan fingerprint density at radius 3 is 1.83 bits per heavy atom. The molecule has 0 radical (unpaired) electrons. The van der Waals surface area contributed by atoms with Crippen molar-refractivity contribution in [3.05, 3.63) is 58.1 Å². The summed E-state index contributed by atoms with van der Waals surface area (Å²) in [4.78, 5) is 48.4. The Labute approximate surface area is 244 Å². The third-order valence-corrected chi connectivity index (χ3v) is 6.08. The van der Waals surface area contributed by atoms with Gasteiger partial charge < -0.3 is 44.5 Å². The van der Waals surface area contributed by atoms with E-state index in [1.165, 1.54) is 0 Å². The summed E-state index contributed by atoms with van der Waals surface area (Å²) in [6, 6.07) is 7.62. The second-order valence-electron chi connectivity index (χ2n) is 8.92. The lowest BCUT2D eigenvalue weighted by molar-refractivity contribution is -0.00848. The molecule has 2 aromatic rings. The van der Waals surface area contributed by atoms with Crippen LogP contribution in [0.1, 0.15) is 53.9 Å². The summed E-state index contributed by atoms with van der Waals surface area (Å²) in [5.74, 6) is -4.05. The smallest absolute Gasteiger partial charge is 0.339 e. The van der Waals surface area contributed by atoms with E-state index in [4.69, 9.17) is 34.5 Å². The highest BCUT2D eigenvalue weighted by Crippen LogP contribution is 2.20. The molecular weight excluding hydrogens is 552 g/mol. The lowest BCUT2D eigenvalue weighted by Gasteiger charge is -2.23. The van der Waals surface area contributed by atoms with Gasteiger partial charge in [0.25, 0.3) is 0 Å². The summed E-state index contributed by atoms with van der Waals surface area (Å²) in [5.41, 5.74) is 6.95. The van der Waals surface area contributed by atoms with E-state index in [-0.39, 0.29) is 38.3 Å². The minimum absolute atomic E-state index is 0.0203. The summed E-state index contributed by atoms with van der Waals surface area (Å²) < 4.78 is 26.9. The van der Waals surface area contributed by atoms with Gasteiger partial charge in [0.1, 0.15) is 6.61 Å². The van der Waals surface area contributed by atoms with Gasteiger partial charge in [-0.1, -0.05) is 0 Å². The first-order chi connectivity index (χ1) is 20.2. The molecule has 0 atom stereocenters. The van der Waals surface area contributed by atoms with Gasteiger partial charge in [0.2, 0.25) is 0 Å². The number of nitrogen functional groups attached to an aromatic ring is 1. The second kappa shape index (κ2) is 18.4. The highest BCUT2D eigenvalue weighted by molar-refractivity contribution is 6.07. The molecule has 2 aromatic carbocycles. The number of aryl methyl sites for hydroxylation is 1. The molecule has 0 fully saturated rings. The van der Waals surface area contributed by atoms with Crippen molar-refractivity contribution in [1.29, 1.82) is 0 Å². The number of carbonyl (C=O) groups is 4. The molecule has 4 N–H and O–H groups in total. The third-order valence-electron chi connectivity index (χ3n) is 6.08. The van der Waals surface area contributed by atoms with Gasteiger partial charge in [-0.05, 0) is 49.7 Å². The van der Waals surface area contributed by atoms with Crippen molar-refractivity contribution in [2.45, 2.75) is 13.8 Å². The highest BCUT2D eigenvalue weighted by Gasteiger charge is 2.23. The van der Waals surface area contributed by atoms with Gasteiger partial charge in [-0.15, -0.1) is 0 Å². The maximum Gasteiger partial charge on any atom is 0.339 e. The molecule has 0 amide bonds. The van der Waals surface area contributed by atoms with E-state index in [0.29, 0.717) is 33.0 Å². The summed E-state index contributed by atoms with van der Waals surface area (Å²) in [6.45, 7) is 8.27. The molecule has 0 saturated carbocycles. The van der Waals surface area contributed by atoms with E-state index < -0.39 is 34.6 Å². The summed E-state index contributed by atoms with van der Waals surface area (Å²) >= 11 is 0. The molecule has 0 spiro atoms. The fourth-order valence-electron chi connectivity index (χ4n) is 3.78. The van der Waals surface area contributed by atoms with Gasteiger partial charge >= 0.3 is 17.9 Å². The number of nitrogens with two attached hydrogens (primary N) is 1. The van der Waals surface area contributed by atoms with E-state index in [9.17, 15) is 24.3 Å². The molecule has 42 heavy (non-hydrogen) atoms. The average Bonchev–Trinajstić information content (AvgIpc) is 2.97. The Hall–Kier alpha value is -4.04. The normalized spacial score (nSPS) is 10.8. The summed E-state index contributed by atoms with van der Waals surface area (Å²) in [6.07, 6.45) is 0.222. The predicted molar refractivity (Wildman–Crippen MR) is 153 cm³/mol. The van der Waals surface area contributed by atoms with Gasteiger partial charge in [0, 0.05) is 30.0 Å². The average molecular weight is 591 g/mol. The number of hydrogen-bond acceptors (Lipinski definition) is 11. The Balaban J connectivity index is 1.51. The Morgan fingerprint density at radius 1 is 0.786 bits per heavy atom. The first-order valence-corrected chi connectivity index (χ1v) is 13.4.